The van der Waals surface area contributed by atoms with Crippen molar-refractivity contribution in [3.8, 4) is 0 Å². The van der Waals surface area contributed by atoms with Gasteiger partial charge in [0.05, 0.1) is 0 Å². The third-order valence-corrected chi connectivity index (χ3v) is 3.24. The molecule has 0 aromatic heterocycles. The summed E-state index contributed by atoms with van der Waals surface area (Å²) in [5.74, 6) is 0.141. The van der Waals surface area contributed by atoms with Gasteiger partial charge in [-0.15, -0.1) is 0 Å². The molecule has 18 heavy (non-hydrogen) atoms. The Morgan fingerprint density at radius 3 is 2.67 bits per heavy atom. The van der Waals surface area contributed by atoms with E-state index in [1.807, 2.05) is 26.8 Å². The van der Waals surface area contributed by atoms with Gasteiger partial charge < -0.3 is 10.4 Å². The first-order valence-electron chi connectivity index (χ1n) is 6.13. The molecule has 0 fully saturated rings. The van der Waals surface area contributed by atoms with Crippen molar-refractivity contribution in [3.05, 3.63) is 34.3 Å². The van der Waals surface area contributed by atoms with E-state index in [1.165, 1.54) is 0 Å². The van der Waals surface area contributed by atoms with E-state index in [4.69, 9.17) is 16.7 Å². The molecule has 4 heteroatoms. The highest BCUT2D eigenvalue weighted by molar-refractivity contribution is 6.31. The molecule has 1 aromatic rings. The molecule has 1 unspecified atom stereocenters. The number of benzene rings is 1. The standard InChI is InChI=1S/C14H20ClNO2/c1-9(2)13(6-7-17)16-14(18)12-8-11(15)5-4-10(12)3/h4-5,8-9,13,17H,6-7H2,1-3H3,(H,16,18). The van der Waals surface area contributed by atoms with E-state index < -0.39 is 0 Å². The maximum Gasteiger partial charge on any atom is 0.251 e. The van der Waals surface area contributed by atoms with Crippen LogP contribution in [0.2, 0.25) is 5.02 Å². The van der Waals surface area contributed by atoms with E-state index >= 15 is 0 Å². The van der Waals surface area contributed by atoms with Crippen molar-refractivity contribution >= 4 is 17.5 Å². The van der Waals surface area contributed by atoms with Crippen LogP contribution in [0.25, 0.3) is 0 Å². The largest absolute Gasteiger partial charge is 0.396 e. The summed E-state index contributed by atoms with van der Waals surface area (Å²) in [5.41, 5.74) is 1.48. The topological polar surface area (TPSA) is 49.3 Å². The number of aliphatic hydroxyl groups excluding tert-OH is 1. The zero-order valence-electron chi connectivity index (χ0n) is 11.0. The summed E-state index contributed by atoms with van der Waals surface area (Å²) in [6.45, 7) is 5.98. The summed E-state index contributed by atoms with van der Waals surface area (Å²) in [6, 6.07) is 5.23. The Hall–Kier alpha value is -1.06. The number of rotatable bonds is 5. The van der Waals surface area contributed by atoms with Gasteiger partial charge in [0.1, 0.15) is 0 Å². The van der Waals surface area contributed by atoms with E-state index in [9.17, 15) is 4.79 Å². The number of carbonyl (C=O) groups is 1. The smallest absolute Gasteiger partial charge is 0.251 e. The lowest BCUT2D eigenvalue weighted by Crippen LogP contribution is -2.39. The third-order valence-electron chi connectivity index (χ3n) is 3.01. The minimum atomic E-state index is -0.137. The maximum absolute atomic E-state index is 12.2. The molecule has 1 aromatic carbocycles. The second kappa shape index (κ2) is 6.76. The van der Waals surface area contributed by atoms with Gasteiger partial charge in [0.15, 0.2) is 0 Å². The fourth-order valence-corrected chi connectivity index (χ4v) is 1.97. The highest BCUT2D eigenvalue weighted by Crippen LogP contribution is 2.16. The van der Waals surface area contributed by atoms with Gasteiger partial charge in [0, 0.05) is 23.2 Å². The summed E-state index contributed by atoms with van der Waals surface area (Å²) < 4.78 is 0. The van der Waals surface area contributed by atoms with Gasteiger partial charge in [-0.25, -0.2) is 0 Å². The molecule has 0 saturated carbocycles. The normalized spacial score (nSPS) is 12.6. The molecular weight excluding hydrogens is 250 g/mol. The number of nitrogens with one attached hydrogen (secondary N) is 1. The van der Waals surface area contributed by atoms with Crippen LogP contribution in [0.5, 0.6) is 0 Å². The molecule has 0 aliphatic carbocycles. The Bertz CT molecular complexity index is 418. The van der Waals surface area contributed by atoms with Crippen LogP contribution < -0.4 is 5.32 Å². The highest BCUT2D eigenvalue weighted by atomic mass is 35.5. The molecule has 1 atom stereocenters. The molecular formula is C14H20ClNO2. The average molecular weight is 270 g/mol. The third kappa shape index (κ3) is 4.00. The SMILES string of the molecule is Cc1ccc(Cl)cc1C(=O)NC(CCO)C(C)C. The van der Waals surface area contributed by atoms with Gasteiger partial charge in [0.25, 0.3) is 5.91 Å². The highest BCUT2D eigenvalue weighted by Gasteiger charge is 2.17. The lowest BCUT2D eigenvalue weighted by atomic mass is 10.00. The number of hydrogen-bond acceptors (Lipinski definition) is 2. The first-order valence-corrected chi connectivity index (χ1v) is 6.51. The number of amides is 1. The molecule has 3 nitrogen and oxygen atoms in total. The molecule has 0 spiro atoms. The average Bonchev–Trinajstić information content (AvgIpc) is 2.31. The van der Waals surface area contributed by atoms with Crippen molar-refractivity contribution in [2.45, 2.75) is 33.2 Å². The van der Waals surface area contributed by atoms with Gasteiger partial charge in [-0.3, -0.25) is 4.79 Å². The van der Waals surface area contributed by atoms with Crippen molar-refractivity contribution in [1.29, 1.82) is 0 Å². The van der Waals surface area contributed by atoms with Crippen LogP contribution in [0.3, 0.4) is 0 Å². The summed E-state index contributed by atoms with van der Waals surface area (Å²) in [6.07, 6.45) is 0.559. The molecule has 0 saturated heterocycles. The van der Waals surface area contributed by atoms with Crippen LogP contribution in [-0.4, -0.2) is 23.7 Å². The molecule has 100 valence electrons. The van der Waals surface area contributed by atoms with Crippen molar-refractivity contribution in [3.63, 3.8) is 0 Å². The molecule has 2 N–H and O–H groups in total. The number of halogens is 1. The number of aliphatic hydroxyl groups is 1. The fourth-order valence-electron chi connectivity index (χ4n) is 1.80. The monoisotopic (exact) mass is 269 g/mol. The first kappa shape index (κ1) is 15.0. The van der Waals surface area contributed by atoms with E-state index in [1.54, 1.807) is 12.1 Å². The molecule has 0 aliphatic heterocycles. The van der Waals surface area contributed by atoms with E-state index in [-0.39, 0.29) is 24.5 Å². The second-order valence-corrected chi connectivity index (χ2v) is 5.23. The maximum atomic E-state index is 12.2. The minimum absolute atomic E-state index is 0.0270. The minimum Gasteiger partial charge on any atom is -0.396 e. The van der Waals surface area contributed by atoms with Crippen molar-refractivity contribution in [2.24, 2.45) is 5.92 Å². The summed E-state index contributed by atoms with van der Waals surface area (Å²) >= 11 is 5.90. The second-order valence-electron chi connectivity index (χ2n) is 4.80. The summed E-state index contributed by atoms with van der Waals surface area (Å²) in [4.78, 5) is 12.2. The molecule has 1 amide bonds. The van der Waals surface area contributed by atoms with E-state index in [0.29, 0.717) is 17.0 Å². The lowest BCUT2D eigenvalue weighted by Gasteiger charge is -2.22. The fraction of sp³-hybridized carbons (Fsp3) is 0.500. The Labute approximate surface area is 113 Å². The van der Waals surface area contributed by atoms with Crippen LogP contribution in [0, 0.1) is 12.8 Å². The Balaban J connectivity index is 2.83. The predicted molar refractivity (Wildman–Crippen MR) is 74.0 cm³/mol. The Morgan fingerprint density at radius 1 is 1.44 bits per heavy atom. The van der Waals surface area contributed by atoms with Gasteiger partial charge in [0.2, 0.25) is 0 Å². The van der Waals surface area contributed by atoms with Gasteiger partial charge in [-0.1, -0.05) is 31.5 Å². The van der Waals surface area contributed by atoms with Crippen LogP contribution in [0.4, 0.5) is 0 Å². The van der Waals surface area contributed by atoms with Crippen LogP contribution in [0.15, 0.2) is 18.2 Å². The quantitative estimate of drug-likeness (QED) is 0.864. The molecule has 0 bridgehead atoms. The summed E-state index contributed by atoms with van der Waals surface area (Å²) in [7, 11) is 0. The van der Waals surface area contributed by atoms with Gasteiger partial charge in [-0.2, -0.15) is 0 Å². The number of hydrogen-bond donors (Lipinski definition) is 2. The Morgan fingerprint density at radius 2 is 2.11 bits per heavy atom. The van der Waals surface area contributed by atoms with Crippen LogP contribution in [0.1, 0.15) is 36.2 Å². The number of carbonyl (C=O) groups excluding carboxylic acids is 1. The predicted octanol–water partition coefficient (Wildman–Crippen LogP) is 2.79. The van der Waals surface area contributed by atoms with Crippen LogP contribution >= 0.6 is 11.6 Å². The van der Waals surface area contributed by atoms with Crippen molar-refractivity contribution in [1.82, 2.24) is 5.32 Å². The zero-order chi connectivity index (χ0) is 13.7. The van der Waals surface area contributed by atoms with Crippen LogP contribution in [-0.2, 0) is 0 Å². The van der Waals surface area contributed by atoms with Crippen molar-refractivity contribution < 1.29 is 9.90 Å². The molecule has 0 heterocycles. The molecule has 0 radical (unpaired) electrons. The van der Waals surface area contributed by atoms with Gasteiger partial charge >= 0.3 is 0 Å². The first-order chi connectivity index (χ1) is 8.45. The van der Waals surface area contributed by atoms with E-state index in [0.717, 1.165) is 5.56 Å². The van der Waals surface area contributed by atoms with E-state index in [2.05, 4.69) is 5.32 Å². The number of aryl methyl sites for hydroxylation is 1. The molecule has 0 aliphatic rings. The zero-order valence-corrected chi connectivity index (χ0v) is 11.8. The molecule has 1 rings (SSSR count). The lowest BCUT2D eigenvalue weighted by molar-refractivity contribution is 0.0916. The Kier molecular flexibility index (Phi) is 5.63. The van der Waals surface area contributed by atoms with Crippen molar-refractivity contribution in [2.75, 3.05) is 6.61 Å². The summed E-state index contributed by atoms with van der Waals surface area (Å²) in [5, 5.41) is 12.5. The van der Waals surface area contributed by atoms with Gasteiger partial charge in [-0.05, 0) is 37.0 Å².